The van der Waals surface area contributed by atoms with E-state index in [1.54, 1.807) is 4.90 Å². The van der Waals surface area contributed by atoms with E-state index in [0.717, 1.165) is 18.6 Å². The lowest BCUT2D eigenvalue weighted by Crippen LogP contribution is -2.57. The zero-order valence-corrected chi connectivity index (χ0v) is 19.4. The molecule has 172 valence electrons. The third-order valence-electron chi connectivity index (χ3n) is 6.46. The van der Waals surface area contributed by atoms with E-state index in [0.29, 0.717) is 45.6 Å². The Morgan fingerprint density at radius 1 is 0.938 bits per heavy atom. The van der Waals surface area contributed by atoms with Crippen LogP contribution in [0.15, 0.2) is 47.4 Å². The summed E-state index contributed by atoms with van der Waals surface area (Å²) in [5, 5.41) is 0. The summed E-state index contributed by atoms with van der Waals surface area (Å²) in [6.07, 6.45) is 2.04. The Hall–Kier alpha value is -2.45. The van der Waals surface area contributed by atoms with Gasteiger partial charge < -0.3 is 9.80 Å². The lowest BCUT2D eigenvalue weighted by atomic mass is 10.0. The second kappa shape index (κ2) is 9.19. The van der Waals surface area contributed by atoms with Crippen LogP contribution >= 0.6 is 0 Å². The maximum atomic E-state index is 13.4. The Labute approximate surface area is 189 Å². The molecule has 1 amide bonds. The molecule has 6 nitrogen and oxygen atoms in total. The number of carbonyl (C=O) groups excluding carboxylic acids is 1. The fourth-order valence-electron chi connectivity index (χ4n) is 4.62. The minimum absolute atomic E-state index is 0.0262. The smallest absolute Gasteiger partial charge is 0.243 e. The van der Waals surface area contributed by atoms with Crippen molar-refractivity contribution in [3.63, 3.8) is 0 Å². The van der Waals surface area contributed by atoms with Crippen molar-refractivity contribution in [3.05, 3.63) is 59.4 Å². The molecule has 8 heteroatoms. The maximum Gasteiger partial charge on any atom is 0.243 e. The van der Waals surface area contributed by atoms with Gasteiger partial charge in [-0.3, -0.25) is 4.79 Å². The molecule has 2 saturated heterocycles. The van der Waals surface area contributed by atoms with E-state index in [4.69, 9.17) is 0 Å². The number of halogens is 1. The van der Waals surface area contributed by atoms with Gasteiger partial charge in [0.25, 0.3) is 0 Å². The molecule has 2 aliphatic rings. The van der Waals surface area contributed by atoms with Crippen LogP contribution in [-0.2, 0) is 14.8 Å². The standard InChI is InChI=1S/C24H30FN3O3S/c1-18-6-7-19(2)23(17-18)26-13-15-27(16-14-26)24(29)22-5-3-4-12-28(22)32(30,31)21-10-8-20(25)9-11-21/h6-11,17,22H,3-5,12-16H2,1-2H3/t22-/m0/s1. The van der Waals surface area contributed by atoms with Gasteiger partial charge in [-0.05, 0) is 68.1 Å². The molecule has 0 aromatic heterocycles. The lowest BCUT2D eigenvalue weighted by molar-refractivity contribution is -0.136. The fraction of sp³-hybridized carbons (Fsp3) is 0.458. The Balaban J connectivity index is 1.48. The van der Waals surface area contributed by atoms with E-state index in [1.165, 1.54) is 33.3 Å². The van der Waals surface area contributed by atoms with Crippen molar-refractivity contribution in [2.75, 3.05) is 37.6 Å². The first kappa shape index (κ1) is 22.7. The number of benzene rings is 2. The summed E-state index contributed by atoms with van der Waals surface area (Å²) in [6, 6.07) is 10.5. The molecule has 0 spiro atoms. The summed E-state index contributed by atoms with van der Waals surface area (Å²) in [5.41, 5.74) is 3.60. The van der Waals surface area contributed by atoms with Crippen molar-refractivity contribution in [3.8, 4) is 0 Å². The van der Waals surface area contributed by atoms with Gasteiger partial charge >= 0.3 is 0 Å². The van der Waals surface area contributed by atoms with Crippen LogP contribution < -0.4 is 4.90 Å². The van der Waals surface area contributed by atoms with Gasteiger partial charge in [-0.25, -0.2) is 12.8 Å². The van der Waals surface area contributed by atoms with Crippen LogP contribution in [0, 0.1) is 19.7 Å². The van der Waals surface area contributed by atoms with Crippen molar-refractivity contribution in [1.82, 2.24) is 9.21 Å². The van der Waals surface area contributed by atoms with Gasteiger partial charge in [0.05, 0.1) is 4.90 Å². The molecular weight excluding hydrogens is 429 g/mol. The Kier molecular flexibility index (Phi) is 6.53. The Morgan fingerprint density at radius 3 is 2.31 bits per heavy atom. The molecular formula is C24H30FN3O3S. The normalized spacial score (nSPS) is 20.4. The molecule has 2 aromatic carbocycles. The van der Waals surface area contributed by atoms with Gasteiger partial charge in [-0.2, -0.15) is 4.31 Å². The van der Waals surface area contributed by atoms with E-state index in [9.17, 15) is 17.6 Å². The molecule has 0 bridgehead atoms. The highest BCUT2D eigenvalue weighted by Crippen LogP contribution is 2.28. The molecule has 2 heterocycles. The minimum atomic E-state index is -3.87. The van der Waals surface area contributed by atoms with Crippen LogP contribution in [0.1, 0.15) is 30.4 Å². The van der Waals surface area contributed by atoms with Crippen molar-refractivity contribution in [2.24, 2.45) is 0 Å². The third kappa shape index (κ3) is 4.52. The summed E-state index contributed by atoms with van der Waals surface area (Å²) < 4.78 is 41.1. The molecule has 0 aliphatic carbocycles. The van der Waals surface area contributed by atoms with E-state index in [-0.39, 0.29) is 10.8 Å². The molecule has 0 N–H and O–H groups in total. The first-order valence-corrected chi connectivity index (χ1v) is 12.6. The van der Waals surface area contributed by atoms with Gasteiger partial charge in [0, 0.05) is 38.4 Å². The van der Waals surface area contributed by atoms with Crippen LogP contribution in [0.2, 0.25) is 0 Å². The molecule has 0 unspecified atom stereocenters. The maximum absolute atomic E-state index is 13.4. The monoisotopic (exact) mass is 459 g/mol. The first-order valence-electron chi connectivity index (χ1n) is 11.2. The van der Waals surface area contributed by atoms with Gasteiger partial charge in [-0.15, -0.1) is 0 Å². The van der Waals surface area contributed by atoms with Crippen molar-refractivity contribution in [2.45, 2.75) is 44.0 Å². The number of hydrogen-bond acceptors (Lipinski definition) is 4. The number of piperidine rings is 1. The van der Waals surface area contributed by atoms with Gasteiger partial charge in [0.15, 0.2) is 0 Å². The number of hydrogen-bond donors (Lipinski definition) is 0. The predicted molar refractivity (Wildman–Crippen MR) is 123 cm³/mol. The summed E-state index contributed by atoms with van der Waals surface area (Å²) in [4.78, 5) is 17.5. The highest BCUT2D eigenvalue weighted by molar-refractivity contribution is 7.89. The SMILES string of the molecule is Cc1ccc(C)c(N2CCN(C(=O)[C@@H]3CCCCN3S(=O)(=O)c3ccc(F)cc3)CC2)c1. The van der Waals surface area contributed by atoms with Crippen molar-refractivity contribution < 1.29 is 17.6 Å². The zero-order valence-electron chi connectivity index (χ0n) is 18.6. The van der Waals surface area contributed by atoms with Gasteiger partial charge in [-0.1, -0.05) is 18.6 Å². The quantitative estimate of drug-likeness (QED) is 0.704. The topological polar surface area (TPSA) is 60.9 Å². The highest BCUT2D eigenvalue weighted by Gasteiger charge is 2.40. The number of rotatable bonds is 4. The third-order valence-corrected chi connectivity index (χ3v) is 8.38. The van der Waals surface area contributed by atoms with Crippen LogP contribution in [0.4, 0.5) is 10.1 Å². The van der Waals surface area contributed by atoms with Crippen LogP contribution in [0.3, 0.4) is 0 Å². The number of carbonyl (C=O) groups is 1. The molecule has 32 heavy (non-hydrogen) atoms. The second-order valence-corrected chi connectivity index (χ2v) is 10.6. The molecule has 2 fully saturated rings. The zero-order chi connectivity index (χ0) is 22.9. The van der Waals surface area contributed by atoms with E-state index in [1.807, 2.05) is 0 Å². The predicted octanol–water partition coefficient (Wildman–Crippen LogP) is 3.33. The largest absolute Gasteiger partial charge is 0.368 e. The van der Waals surface area contributed by atoms with Crippen molar-refractivity contribution >= 4 is 21.6 Å². The van der Waals surface area contributed by atoms with Crippen LogP contribution in [-0.4, -0.2) is 62.3 Å². The fourth-order valence-corrected chi connectivity index (χ4v) is 6.27. The lowest BCUT2D eigenvalue weighted by Gasteiger charge is -2.41. The average molecular weight is 460 g/mol. The number of aryl methyl sites for hydroxylation is 2. The van der Waals surface area contributed by atoms with Gasteiger partial charge in [0.1, 0.15) is 11.9 Å². The number of amides is 1. The second-order valence-electron chi connectivity index (χ2n) is 8.68. The van der Waals surface area contributed by atoms with E-state index < -0.39 is 21.9 Å². The summed E-state index contributed by atoms with van der Waals surface area (Å²) in [6.45, 7) is 7.02. The minimum Gasteiger partial charge on any atom is -0.368 e. The first-order chi connectivity index (χ1) is 15.3. The summed E-state index contributed by atoms with van der Waals surface area (Å²) in [5.74, 6) is -0.618. The van der Waals surface area contributed by atoms with Crippen LogP contribution in [0.5, 0.6) is 0 Å². The van der Waals surface area contributed by atoms with Crippen LogP contribution in [0.25, 0.3) is 0 Å². The Morgan fingerprint density at radius 2 is 1.62 bits per heavy atom. The van der Waals surface area contributed by atoms with E-state index in [2.05, 4.69) is 36.9 Å². The number of piperazine rings is 1. The molecule has 2 aromatic rings. The molecule has 2 aliphatic heterocycles. The average Bonchev–Trinajstić information content (AvgIpc) is 2.80. The van der Waals surface area contributed by atoms with E-state index >= 15 is 0 Å². The summed E-state index contributed by atoms with van der Waals surface area (Å²) in [7, 11) is -3.87. The molecule has 4 rings (SSSR count). The molecule has 0 saturated carbocycles. The summed E-state index contributed by atoms with van der Waals surface area (Å²) >= 11 is 0. The molecule has 0 radical (unpaired) electrons. The van der Waals surface area contributed by atoms with Crippen molar-refractivity contribution in [1.29, 1.82) is 0 Å². The number of nitrogens with zero attached hydrogens (tertiary/aromatic N) is 3. The number of anilines is 1. The Bertz CT molecular complexity index is 1080. The highest BCUT2D eigenvalue weighted by atomic mass is 32.2. The molecule has 1 atom stereocenters. The van der Waals surface area contributed by atoms with Gasteiger partial charge in [0.2, 0.25) is 15.9 Å². The number of sulfonamides is 1.